The van der Waals surface area contributed by atoms with Crippen molar-refractivity contribution in [2.75, 3.05) is 29.1 Å². The van der Waals surface area contributed by atoms with Gasteiger partial charge < -0.3 is 10.2 Å². The summed E-state index contributed by atoms with van der Waals surface area (Å²) in [5.74, 6) is 2.06. The Bertz CT molecular complexity index is 871. The van der Waals surface area contributed by atoms with E-state index >= 15 is 0 Å². The zero-order valence-electron chi connectivity index (χ0n) is 18.5. The van der Waals surface area contributed by atoms with Crippen molar-refractivity contribution in [2.24, 2.45) is 0 Å². The molecule has 2 heterocycles. The fourth-order valence-electron chi connectivity index (χ4n) is 4.15. The molecule has 1 aromatic carbocycles. The summed E-state index contributed by atoms with van der Waals surface area (Å²) in [5.41, 5.74) is 3.36. The minimum Gasteiger partial charge on any atom is -0.341 e. The molecule has 0 atom stereocenters. The fourth-order valence-corrected chi connectivity index (χ4v) is 4.95. The average molecular weight is 428 g/mol. The molecular weight excluding hydrogens is 394 g/mol. The molecule has 162 valence electrons. The largest absolute Gasteiger partial charge is 0.341 e. The van der Waals surface area contributed by atoms with Gasteiger partial charge in [0.1, 0.15) is 0 Å². The average Bonchev–Trinajstić information content (AvgIpc) is 3.23. The zero-order chi connectivity index (χ0) is 21.3. The van der Waals surface area contributed by atoms with E-state index in [1.807, 2.05) is 0 Å². The molecule has 1 aliphatic heterocycles. The topological polar surface area (TPSA) is 63.1 Å². The molecule has 4 rings (SSSR count). The maximum absolute atomic E-state index is 12.9. The molecule has 2 aromatic rings. The minimum atomic E-state index is 0.0167. The van der Waals surface area contributed by atoms with Gasteiger partial charge in [0.2, 0.25) is 11.9 Å². The van der Waals surface area contributed by atoms with E-state index in [-0.39, 0.29) is 5.91 Å². The van der Waals surface area contributed by atoms with Gasteiger partial charge in [0.05, 0.1) is 5.75 Å². The van der Waals surface area contributed by atoms with Crippen LogP contribution in [0.3, 0.4) is 0 Å². The predicted molar refractivity (Wildman–Crippen MR) is 124 cm³/mol. The van der Waals surface area contributed by atoms with Crippen molar-refractivity contribution < 1.29 is 4.79 Å². The Balaban J connectivity index is 1.48. The Kier molecular flexibility index (Phi) is 6.37. The van der Waals surface area contributed by atoms with Gasteiger partial charge >= 0.3 is 0 Å². The normalized spacial score (nSPS) is 16.7. The smallest absolute Gasteiger partial charge is 0.234 e. The highest BCUT2D eigenvalue weighted by Gasteiger charge is 2.32. The summed E-state index contributed by atoms with van der Waals surface area (Å²) >= 11 is 1.50. The number of carbonyl (C=O) groups is 1. The summed E-state index contributed by atoms with van der Waals surface area (Å²) in [7, 11) is 0. The third-order valence-electron chi connectivity index (χ3n) is 5.92. The summed E-state index contributed by atoms with van der Waals surface area (Å²) in [6, 6.07) is 6.82. The van der Waals surface area contributed by atoms with Gasteiger partial charge in [0.15, 0.2) is 5.16 Å². The van der Waals surface area contributed by atoms with E-state index in [9.17, 15) is 4.79 Å². The Morgan fingerprint density at radius 3 is 2.30 bits per heavy atom. The molecule has 30 heavy (non-hydrogen) atoms. The molecule has 1 amide bonds. The highest BCUT2D eigenvalue weighted by Crippen LogP contribution is 2.41. The SMILES string of the molecule is CC(C)c1cccc(C(C)C)c1NC(=O)CSc1nnc(N2CCCC2)n1C1CC1. The Morgan fingerprint density at radius 2 is 1.73 bits per heavy atom. The van der Waals surface area contributed by atoms with Crippen LogP contribution < -0.4 is 10.2 Å². The van der Waals surface area contributed by atoms with E-state index in [1.54, 1.807) is 0 Å². The molecule has 0 radical (unpaired) electrons. The molecule has 1 saturated carbocycles. The highest BCUT2D eigenvalue weighted by molar-refractivity contribution is 7.99. The van der Waals surface area contributed by atoms with Crippen LogP contribution in [0.1, 0.15) is 82.4 Å². The number of thioether (sulfide) groups is 1. The van der Waals surface area contributed by atoms with E-state index in [0.29, 0.717) is 23.6 Å². The molecule has 1 aromatic heterocycles. The van der Waals surface area contributed by atoms with Crippen LogP contribution in [0.2, 0.25) is 0 Å². The molecule has 6 nitrogen and oxygen atoms in total. The minimum absolute atomic E-state index is 0.0167. The van der Waals surface area contributed by atoms with Crippen LogP contribution in [0.5, 0.6) is 0 Å². The van der Waals surface area contributed by atoms with E-state index in [0.717, 1.165) is 29.9 Å². The van der Waals surface area contributed by atoms with Crippen LogP contribution in [0.15, 0.2) is 23.4 Å². The molecular formula is C23H33N5OS. The maximum atomic E-state index is 12.9. The standard InChI is InChI=1S/C23H33N5OS/c1-15(2)18-8-7-9-19(16(3)4)21(18)24-20(29)14-30-23-26-25-22(27-12-5-6-13-27)28(23)17-10-11-17/h7-9,15-17H,5-6,10-14H2,1-4H3,(H,24,29). The number of para-hydroxylation sites is 1. The van der Waals surface area contributed by atoms with Crippen LogP contribution in [0.4, 0.5) is 11.6 Å². The van der Waals surface area contributed by atoms with E-state index in [4.69, 9.17) is 0 Å². The van der Waals surface area contributed by atoms with Crippen molar-refractivity contribution in [3.63, 3.8) is 0 Å². The number of nitrogens with zero attached hydrogens (tertiary/aromatic N) is 4. The number of nitrogens with one attached hydrogen (secondary N) is 1. The van der Waals surface area contributed by atoms with E-state index in [1.165, 1.54) is 48.6 Å². The second-order valence-electron chi connectivity index (χ2n) is 9.04. The fraction of sp³-hybridized carbons (Fsp3) is 0.609. The number of carbonyl (C=O) groups excluding carboxylic acids is 1. The van der Waals surface area contributed by atoms with Gasteiger partial charge in [0, 0.05) is 24.8 Å². The predicted octanol–water partition coefficient (Wildman–Crippen LogP) is 5.19. The second-order valence-corrected chi connectivity index (χ2v) is 9.98. The molecule has 2 aliphatic rings. The summed E-state index contributed by atoms with van der Waals surface area (Å²) < 4.78 is 2.27. The van der Waals surface area contributed by atoms with E-state index < -0.39 is 0 Å². The first kappa shape index (κ1) is 21.2. The summed E-state index contributed by atoms with van der Waals surface area (Å²) in [6.07, 6.45) is 4.79. The van der Waals surface area contributed by atoms with Crippen LogP contribution in [0.25, 0.3) is 0 Å². The van der Waals surface area contributed by atoms with Crippen molar-refractivity contribution in [3.05, 3.63) is 29.3 Å². The van der Waals surface area contributed by atoms with Crippen molar-refractivity contribution in [1.82, 2.24) is 14.8 Å². The molecule has 0 spiro atoms. The van der Waals surface area contributed by atoms with E-state index in [2.05, 4.69) is 70.9 Å². The molecule has 2 fully saturated rings. The van der Waals surface area contributed by atoms with Crippen molar-refractivity contribution in [3.8, 4) is 0 Å². The summed E-state index contributed by atoms with van der Waals surface area (Å²) in [4.78, 5) is 15.2. The molecule has 1 saturated heterocycles. The lowest BCUT2D eigenvalue weighted by Crippen LogP contribution is -2.22. The second kappa shape index (κ2) is 9.00. The first-order chi connectivity index (χ1) is 14.5. The van der Waals surface area contributed by atoms with Crippen LogP contribution in [-0.4, -0.2) is 39.5 Å². The third kappa shape index (κ3) is 4.51. The first-order valence-corrected chi connectivity index (χ1v) is 12.2. The quantitative estimate of drug-likeness (QED) is 0.587. The zero-order valence-corrected chi connectivity index (χ0v) is 19.3. The van der Waals surface area contributed by atoms with Gasteiger partial charge in [-0.2, -0.15) is 0 Å². The van der Waals surface area contributed by atoms with Gasteiger partial charge in [0.25, 0.3) is 0 Å². The van der Waals surface area contributed by atoms with Crippen LogP contribution in [-0.2, 0) is 4.79 Å². The van der Waals surface area contributed by atoms with Gasteiger partial charge in [-0.1, -0.05) is 57.7 Å². The molecule has 7 heteroatoms. The Labute approximate surface area is 183 Å². The number of amides is 1. The Morgan fingerprint density at radius 1 is 1.10 bits per heavy atom. The number of hydrogen-bond donors (Lipinski definition) is 1. The molecule has 1 aliphatic carbocycles. The monoisotopic (exact) mass is 427 g/mol. The van der Waals surface area contributed by atoms with Crippen LogP contribution in [0, 0.1) is 0 Å². The number of rotatable bonds is 8. The van der Waals surface area contributed by atoms with Crippen molar-refractivity contribution in [1.29, 1.82) is 0 Å². The van der Waals surface area contributed by atoms with Crippen molar-refractivity contribution >= 4 is 29.3 Å². The molecule has 0 bridgehead atoms. The molecule has 0 unspecified atom stereocenters. The number of benzene rings is 1. The Hall–Kier alpha value is -2.02. The van der Waals surface area contributed by atoms with Gasteiger partial charge in [-0.3, -0.25) is 9.36 Å². The number of aromatic nitrogens is 3. The number of anilines is 2. The number of hydrogen-bond acceptors (Lipinski definition) is 5. The lowest BCUT2D eigenvalue weighted by Gasteiger charge is -2.20. The molecule has 1 N–H and O–H groups in total. The summed E-state index contributed by atoms with van der Waals surface area (Å²) in [5, 5.41) is 13.0. The highest BCUT2D eigenvalue weighted by atomic mass is 32.2. The first-order valence-electron chi connectivity index (χ1n) is 11.2. The van der Waals surface area contributed by atoms with Gasteiger partial charge in [-0.15, -0.1) is 10.2 Å². The lowest BCUT2D eigenvalue weighted by atomic mass is 9.92. The van der Waals surface area contributed by atoms with Gasteiger partial charge in [-0.25, -0.2) is 0 Å². The maximum Gasteiger partial charge on any atom is 0.234 e. The summed E-state index contributed by atoms with van der Waals surface area (Å²) in [6.45, 7) is 10.8. The van der Waals surface area contributed by atoms with Gasteiger partial charge in [-0.05, 0) is 48.6 Å². The van der Waals surface area contributed by atoms with Crippen LogP contribution >= 0.6 is 11.8 Å². The lowest BCUT2D eigenvalue weighted by molar-refractivity contribution is -0.113. The van der Waals surface area contributed by atoms with Crippen molar-refractivity contribution in [2.45, 2.75) is 76.4 Å². The third-order valence-corrected chi connectivity index (χ3v) is 6.86.